The number of hydrogen-bond acceptors (Lipinski definition) is 4. The van der Waals surface area contributed by atoms with Crippen LogP contribution in [0.5, 0.6) is 0 Å². The molecule has 0 atom stereocenters. The Hall–Kier alpha value is -1.15. The van der Waals surface area contributed by atoms with Crippen LogP contribution in [0.25, 0.3) is 0 Å². The van der Waals surface area contributed by atoms with E-state index in [-0.39, 0.29) is 18.3 Å². The highest BCUT2D eigenvalue weighted by molar-refractivity contribution is 7.89. The Morgan fingerprint density at radius 2 is 1.46 bits per heavy atom. The van der Waals surface area contributed by atoms with E-state index in [2.05, 4.69) is 24.1 Å². The molecule has 2 saturated heterocycles. The minimum absolute atomic E-state index is 0. The van der Waals surface area contributed by atoms with Gasteiger partial charge in [0.1, 0.15) is 0 Å². The molecule has 28 heavy (non-hydrogen) atoms. The van der Waals surface area contributed by atoms with Gasteiger partial charge in [-0.3, -0.25) is 9.69 Å². The molecule has 6 nitrogen and oxygen atoms in total. The van der Waals surface area contributed by atoms with E-state index in [1.165, 1.54) is 0 Å². The number of anilines is 1. The number of rotatable bonds is 5. The quantitative estimate of drug-likeness (QED) is 0.780. The van der Waals surface area contributed by atoms with E-state index in [1.807, 2.05) is 0 Å². The van der Waals surface area contributed by atoms with Crippen LogP contribution in [0.4, 0.5) is 5.69 Å². The van der Waals surface area contributed by atoms with Crippen molar-refractivity contribution in [3.8, 4) is 0 Å². The topological polar surface area (TPSA) is 69.7 Å². The lowest BCUT2D eigenvalue weighted by Gasteiger charge is -2.29. The molecule has 2 aliphatic heterocycles. The molecule has 3 rings (SSSR count). The van der Waals surface area contributed by atoms with Crippen molar-refractivity contribution >= 4 is 34.0 Å². The minimum Gasteiger partial charge on any atom is -0.325 e. The standard InChI is InChI=1S/C20H31N3O3S.ClH/c1-16-7-11-22(12-8-16)15-20(24)21-18-3-5-19(6-4-18)27(25,26)23-13-9-17(2)10-14-23;/h3-6,16-17H,7-15H2,1-2H3,(H,21,24);1H. The van der Waals surface area contributed by atoms with Crippen molar-refractivity contribution in [3.05, 3.63) is 24.3 Å². The second kappa shape index (κ2) is 10.1. The average Bonchev–Trinajstić information content (AvgIpc) is 2.64. The molecule has 0 aliphatic carbocycles. The summed E-state index contributed by atoms with van der Waals surface area (Å²) in [5.74, 6) is 1.27. The summed E-state index contributed by atoms with van der Waals surface area (Å²) in [7, 11) is -3.45. The van der Waals surface area contributed by atoms with Crippen molar-refractivity contribution in [1.29, 1.82) is 0 Å². The third-order valence-electron chi connectivity index (χ3n) is 5.76. The van der Waals surface area contributed by atoms with Gasteiger partial charge in [-0.05, 0) is 74.9 Å². The second-order valence-electron chi connectivity index (χ2n) is 8.12. The molecule has 0 saturated carbocycles. The van der Waals surface area contributed by atoms with Crippen LogP contribution in [-0.2, 0) is 14.8 Å². The molecule has 0 bridgehead atoms. The number of nitrogens with one attached hydrogen (secondary N) is 1. The first kappa shape index (κ1) is 23.1. The average molecular weight is 430 g/mol. The Kier molecular flexibility index (Phi) is 8.30. The summed E-state index contributed by atoms with van der Waals surface area (Å²) in [6.45, 7) is 7.87. The van der Waals surface area contributed by atoms with Crippen molar-refractivity contribution in [1.82, 2.24) is 9.21 Å². The largest absolute Gasteiger partial charge is 0.325 e. The molecule has 2 aliphatic rings. The molecular formula is C20H32ClN3O3S. The fraction of sp³-hybridized carbons (Fsp3) is 0.650. The first-order chi connectivity index (χ1) is 12.8. The Balaban J connectivity index is 0.00000280. The fourth-order valence-corrected chi connectivity index (χ4v) is 5.18. The first-order valence-corrected chi connectivity index (χ1v) is 11.4. The van der Waals surface area contributed by atoms with Gasteiger partial charge in [0.05, 0.1) is 11.4 Å². The normalized spacial score (nSPS) is 20.5. The maximum absolute atomic E-state index is 12.7. The summed E-state index contributed by atoms with van der Waals surface area (Å²) in [6, 6.07) is 6.53. The summed E-state index contributed by atoms with van der Waals surface area (Å²) in [5.41, 5.74) is 0.636. The predicted molar refractivity (Wildman–Crippen MR) is 114 cm³/mol. The number of piperidine rings is 2. The van der Waals surface area contributed by atoms with E-state index >= 15 is 0 Å². The molecule has 2 fully saturated rings. The monoisotopic (exact) mass is 429 g/mol. The van der Waals surface area contributed by atoms with Crippen LogP contribution < -0.4 is 5.32 Å². The van der Waals surface area contributed by atoms with E-state index in [0.29, 0.717) is 36.1 Å². The van der Waals surface area contributed by atoms with Gasteiger partial charge in [-0.1, -0.05) is 13.8 Å². The number of halogens is 1. The van der Waals surface area contributed by atoms with Crippen molar-refractivity contribution in [2.45, 2.75) is 44.4 Å². The van der Waals surface area contributed by atoms with Gasteiger partial charge in [0.15, 0.2) is 0 Å². The zero-order valence-electron chi connectivity index (χ0n) is 16.8. The molecule has 0 aromatic heterocycles. The molecule has 158 valence electrons. The summed E-state index contributed by atoms with van der Waals surface area (Å²) >= 11 is 0. The lowest BCUT2D eigenvalue weighted by molar-refractivity contribution is -0.117. The Labute approximate surface area is 175 Å². The zero-order valence-corrected chi connectivity index (χ0v) is 18.4. The van der Waals surface area contributed by atoms with Gasteiger partial charge < -0.3 is 5.32 Å². The van der Waals surface area contributed by atoms with Crippen LogP contribution in [0.3, 0.4) is 0 Å². The molecule has 0 radical (unpaired) electrons. The van der Waals surface area contributed by atoms with E-state index in [0.717, 1.165) is 44.7 Å². The molecule has 0 unspecified atom stereocenters. The van der Waals surface area contributed by atoms with Crippen molar-refractivity contribution in [3.63, 3.8) is 0 Å². The van der Waals surface area contributed by atoms with Crippen LogP contribution in [0.1, 0.15) is 39.5 Å². The number of carbonyl (C=O) groups excluding carboxylic acids is 1. The smallest absolute Gasteiger partial charge is 0.243 e. The maximum atomic E-state index is 12.7. The Bertz CT molecular complexity index is 738. The molecule has 8 heteroatoms. The number of benzene rings is 1. The molecule has 2 heterocycles. The van der Waals surface area contributed by atoms with Crippen LogP contribution in [-0.4, -0.2) is 56.3 Å². The van der Waals surface area contributed by atoms with Gasteiger partial charge in [0.25, 0.3) is 0 Å². The van der Waals surface area contributed by atoms with E-state index < -0.39 is 10.0 Å². The lowest BCUT2D eigenvalue weighted by atomic mass is 9.99. The Morgan fingerprint density at radius 3 is 2.00 bits per heavy atom. The van der Waals surface area contributed by atoms with Crippen LogP contribution >= 0.6 is 12.4 Å². The van der Waals surface area contributed by atoms with Crippen LogP contribution in [0, 0.1) is 11.8 Å². The highest BCUT2D eigenvalue weighted by Gasteiger charge is 2.28. The molecule has 1 aromatic carbocycles. The zero-order chi connectivity index (χ0) is 19.4. The highest BCUT2D eigenvalue weighted by Crippen LogP contribution is 2.24. The van der Waals surface area contributed by atoms with E-state index in [4.69, 9.17) is 0 Å². The predicted octanol–water partition coefficient (Wildman–Crippen LogP) is 3.20. The van der Waals surface area contributed by atoms with Gasteiger partial charge in [0.2, 0.25) is 15.9 Å². The number of amides is 1. The molecule has 1 amide bonds. The first-order valence-electron chi connectivity index (χ1n) is 9.97. The minimum atomic E-state index is -3.45. The number of sulfonamides is 1. The molecular weight excluding hydrogens is 398 g/mol. The molecule has 1 N–H and O–H groups in total. The van der Waals surface area contributed by atoms with Crippen molar-refractivity contribution in [2.75, 3.05) is 38.0 Å². The molecule has 0 spiro atoms. The second-order valence-corrected chi connectivity index (χ2v) is 10.1. The summed E-state index contributed by atoms with van der Waals surface area (Å²) in [6.07, 6.45) is 4.08. The highest BCUT2D eigenvalue weighted by atomic mass is 35.5. The third kappa shape index (κ3) is 5.92. The van der Waals surface area contributed by atoms with Gasteiger partial charge in [0, 0.05) is 18.8 Å². The van der Waals surface area contributed by atoms with Crippen LogP contribution in [0.15, 0.2) is 29.2 Å². The Morgan fingerprint density at radius 1 is 0.964 bits per heavy atom. The van der Waals surface area contributed by atoms with Crippen molar-refractivity contribution in [2.24, 2.45) is 11.8 Å². The number of nitrogens with zero attached hydrogens (tertiary/aromatic N) is 2. The van der Waals surface area contributed by atoms with Gasteiger partial charge in [-0.15, -0.1) is 12.4 Å². The van der Waals surface area contributed by atoms with Gasteiger partial charge >= 0.3 is 0 Å². The van der Waals surface area contributed by atoms with E-state index in [9.17, 15) is 13.2 Å². The number of carbonyl (C=O) groups is 1. The van der Waals surface area contributed by atoms with Gasteiger partial charge in [-0.2, -0.15) is 4.31 Å². The van der Waals surface area contributed by atoms with Gasteiger partial charge in [-0.25, -0.2) is 8.42 Å². The number of hydrogen-bond donors (Lipinski definition) is 1. The SMILES string of the molecule is CC1CCN(CC(=O)Nc2ccc(S(=O)(=O)N3CCC(C)CC3)cc2)CC1.Cl. The van der Waals surface area contributed by atoms with Crippen LogP contribution in [0.2, 0.25) is 0 Å². The third-order valence-corrected chi connectivity index (χ3v) is 7.67. The van der Waals surface area contributed by atoms with E-state index in [1.54, 1.807) is 28.6 Å². The summed E-state index contributed by atoms with van der Waals surface area (Å²) < 4.78 is 27.1. The number of likely N-dealkylation sites (tertiary alicyclic amines) is 1. The summed E-state index contributed by atoms with van der Waals surface area (Å²) in [4.78, 5) is 14.7. The summed E-state index contributed by atoms with van der Waals surface area (Å²) in [5, 5.41) is 2.88. The molecule has 1 aromatic rings. The van der Waals surface area contributed by atoms with Crippen molar-refractivity contribution < 1.29 is 13.2 Å². The lowest BCUT2D eigenvalue weighted by Crippen LogP contribution is -2.38. The fourth-order valence-electron chi connectivity index (χ4n) is 3.71. The maximum Gasteiger partial charge on any atom is 0.243 e.